The summed E-state index contributed by atoms with van der Waals surface area (Å²) in [6, 6.07) is 0. The Hall–Kier alpha value is -0.130. The summed E-state index contributed by atoms with van der Waals surface area (Å²) in [5.41, 5.74) is -0.434. The molecule has 0 aromatic heterocycles. The maximum atomic E-state index is 10.9. The highest BCUT2D eigenvalue weighted by molar-refractivity contribution is 7.89. The molecule has 0 spiro atoms. The molecule has 0 bridgehead atoms. The smallest absolute Gasteiger partial charge is 0.209 e. The third-order valence-electron chi connectivity index (χ3n) is 2.27. The Morgan fingerprint density at radius 3 is 2.07 bits per heavy atom. The van der Waals surface area contributed by atoms with Gasteiger partial charge in [0.2, 0.25) is 10.0 Å². The highest BCUT2D eigenvalue weighted by atomic mass is 32.2. The van der Waals surface area contributed by atoms with Gasteiger partial charge in [-0.2, -0.15) is 0 Å². The average molecular weight is 237 g/mol. The predicted octanol–water partition coefficient (Wildman–Crippen LogP) is 1.36. The molecule has 0 aliphatic carbocycles. The molecule has 4 nitrogen and oxygen atoms in total. The van der Waals surface area contributed by atoms with Gasteiger partial charge in [-0.15, -0.1) is 0 Å². The molecule has 0 fully saturated rings. The Morgan fingerprint density at radius 1 is 1.27 bits per heavy atom. The molecule has 0 aliphatic rings. The monoisotopic (exact) mass is 237 g/mol. The van der Waals surface area contributed by atoms with E-state index in [0.717, 1.165) is 0 Å². The largest absolute Gasteiger partial charge is 0.378 e. The van der Waals surface area contributed by atoms with Crippen LogP contribution < -0.4 is 5.14 Å². The van der Waals surface area contributed by atoms with Crippen LogP contribution in [0.2, 0.25) is 0 Å². The number of ether oxygens (including phenoxy) is 1. The van der Waals surface area contributed by atoms with Crippen LogP contribution in [-0.4, -0.2) is 26.9 Å². The molecule has 0 amide bonds. The molecule has 0 heterocycles. The van der Waals surface area contributed by atoms with Gasteiger partial charge in [0.05, 0.1) is 18.5 Å². The molecule has 1 unspecified atom stereocenters. The van der Waals surface area contributed by atoms with Crippen molar-refractivity contribution in [2.45, 2.75) is 40.7 Å². The first-order valence-electron chi connectivity index (χ1n) is 5.15. The van der Waals surface area contributed by atoms with E-state index in [1.165, 1.54) is 0 Å². The first-order valence-corrected chi connectivity index (χ1v) is 6.87. The summed E-state index contributed by atoms with van der Waals surface area (Å²) in [5, 5.41) is 5.00. The lowest BCUT2D eigenvalue weighted by Gasteiger charge is -2.26. The van der Waals surface area contributed by atoms with Crippen LogP contribution in [-0.2, 0) is 14.8 Å². The van der Waals surface area contributed by atoms with E-state index < -0.39 is 15.4 Å². The zero-order valence-corrected chi connectivity index (χ0v) is 11.1. The van der Waals surface area contributed by atoms with Crippen molar-refractivity contribution in [3.05, 3.63) is 0 Å². The van der Waals surface area contributed by atoms with Crippen molar-refractivity contribution < 1.29 is 13.2 Å². The van der Waals surface area contributed by atoms with Gasteiger partial charge in [-0.05, 0) is 12.8 Å². The van der Waals surface area contributed by atoms with Gasteiger partial charge in [0.25, 0.3) is 0 Å². The van der Waals surface area contributed by atoms with Crippen LogP contribution in [0.5, 0.6) is 0 Å². The van der Waals surface area contributed by atoms with Gasteiger partial charge in [-0.25, -0.2) is 13.6 Å². The number of sulfonamides is 1. The van der Waals surface area contributed by atoms with Gasteiger partial charge in [0.1, 0.15) is 0 Å². The molecule has 0 radical (unpaired) electrons. The fourth-order valence-corrected chi connectivity index (χ4v) is 2.31. The molecule has 92 valence electrons. The standard InChI is InChI=1S/C10H23NO3S/c1-8(2)9(3)14-6-10(4,5)7-15(11,12)13/h8-9H,6-7H2,1-5H3,(H2,11,12,13). The van der Waals surface area contributed by atoms with Gasteiger partial charge >= 0.3 is 0 Å². The van der Waals surface area contributed by atoms with Crippen molar-refractivity contribution in [2.75, 3.05) is 12.4 Å². The predicted molar refractivity (Wildman–Crippen MR) is 62.0 cm³/mol. The van der Waals surface area contributed by atoms with Crippen molar-refractivity contribution in [2.24, 2.45) is 16.5 Å². The highest BCUT2D eigenvalue weighted by Gasteiger charge is 2.25. The van der Waals surface area contributed by atoms with Crippen LogP contribution in [0.3, 0.4) is 0 Å². The fraction of sp³-hybridized carbons (Fsp3) is 1.00. The second-order valence-electron chi connectivity index (χ2n) is 5.23. The molecular weight excluding hydrogens is 214 g/mol. The second kappa shape index (κ2) is 5.27. The summed E-state index contributed by atoms with van der Waals surface area (Å²) in [5.74, 6) is 0.375. The van der Waals surface area contributed by atoms with E-state index in [9.17, 15) is 8.42 Å². The lowest BCUT2D eigenvalue weighted by molar-refractivity contribution is -0.00363. The van der Waals surface area contributed by atoms with E-state index >= 15 is 0 Å². The summed E-state index contributed by atoms with van der Waals surface area (Å²) in [6.45, 7) is 10.2. The van der Waals surface area contributed by atoms with Crippen LogP contribution in [0.25, 0.3) is 0 Å². The van der Waals surface area contributed by atoms with Crippen LogP contribution in [0, 0.1) is 11.3 Å². The summed E-state index contributed by atoms with van der Waals surface area (Å²) < 4.78 is 27.5. The molecule has 0 aliphatic heterocycles. The number of primary sulfonamides is 1. The van der Waals surface area contributed by atoms with Crippen molar-refractivity contribution in [1.82, 2.24) is 0 Å². The van der Waals surface area contributed by atoms with Crippen LogP contribution in [0.1, 0.15) is 34.6 Å². The van der Waals surface area contributed by atoms with E-state index in [1.807, 2.05) is 20.8 Å². The number of hydrogen-bond acceptors (Lipinski definition) is 3. The van der Waals surface area contributed by atoms with Crippen molar-refractivity contribution in [3.63, 3.8) is 0 Å². The minimum Gasteiger partial charge on any atom is -0.378 e. The number of nitrogens with two attached hydrogens (primary N) is 1. The van der Waals surface area contributed by atoms with E-state index in [-0.39, 0.29) is 11.9 Å². The average Bonchev–Trinajstić information content (AvgIpc) is 1.95. The number of hydrogen-bond donors (Lipinski definition) is 1. The second-order valence-corrected chi connectivity index (χ2v) is 6.85. The molecular formula is C10H23NO3S. The van der Waals surface area contributed by atoms with Gasteiger partial charge in [-0.1, -0.05) is 27.7 Å². The molecule has 5 heteroatoms. The maximum Gasteiger partial charge on any atom is 0.209 e. The molecule has 2 N–H and O–H groups in total. The molecule has 1 atom stereocenters. The SMILES string of the molecule is CC(C)C(C)OCC(C)(C)CS(N)(=O)=O. The molecule has 0 aromatic carbocycles. The zero-order chi connectivity index (χ0) is 12.3. The molecule has 0 rings (SSSR count). The summed E-state index contributed by atoms with van der Waals surface area (Å²) >= 11 is 0. The Labute approximate surface area is 93.2 Å². The third-order valence-corrected chi connectivity index (χ3v) is 3.45. The first kappa shape index (κ1) is 14.9. The maximum absolute atomic E-state index is 10.9. The Bertz CT molecular complexity index is 283. The summed E-state index contributed by atoms with van der Waals surface area (Å²) in [4.78, 5) is 0. The van der Waals surface area contributed by atoms with E-state index in [4.69, 9.17) is 9.88 Å². The third kappa shape index (κ3) is 7.76. The van der Waals surface area contributed by atoms with Gasteiger partial charge in [0, 0.05) is 5.41 Å². The quantitative estimate of drug-likeness (QED) is 0.758. The van der Waals surface area contributed by atoms with E-state index in [2.05, 4.69) is 13.8 Å². The Kier molecular flexibility index (Phi) is 5.23. The molecule has 0 aromatic rings. The van der Waals surface area contributed by atoms with Crippen molar-refractivity contribution in [1.29, 1.82) is 0 Å². The van der Waals surface area contributed by atoms with Crippen LogP contribution >= 0.6 is 0 Å². The lowest BCUT2D eigenvalue weighted by atomic mass is 9.98. The van der Waals surface area contributed by atoms with Gasteiger partial charge in [-0.3, -0.25) is 0 Å². The highest BCUT2D eigenvalue weighted by Crippen LogP contribution is 2.19. The van der Waals surface area contributed by atoms with Gasteiger partial charge < -0.3 is 4.74 Å². The Morgan fingerprint density at radius 2 is 1.73 bits per heavy atom. The van der Waals surface area contributed by atoms with Gasteiger partial charge in [0.15, 0.2) is 0 Å². The van der Waals surface area contributed by atoms with E-state index in [0.29, 0.717) is 12.5 Å². The van der Waals surface area contributed by atoms with Crippen LogP contribution in [0.15, 0.2) is 0 Å². The van der Waals surface area contributed by atoms with Crippen molar-refractivity contribution >= 4 is 10.0 Å². The Balaban J connectivity index is 4.16. The number of rotatable bonds is 6. The minimum absolute atomic E-state index is 0.0508. The lowest BCUT2D eigenvalue weighted by Crippen LogP contribution is -2.34. The minimum atomic E-state index is -3.43. The van der Waals surface area contributed by atoms with Crippen molar-refractivity contribution in [3.8, 4) is 0 Å². The molecule has 0 saturated carbocycles. The fourth-order valence-electron chi connectivity index (χ4n) is 1.14. The van der Waals surface area contributed by atoms with Crippen LogP contribution in [0.4, 0.5) is 0 Å². The van der Waals surface area contributed by atoms with E-state index in [1.54, 1.807) is 0 Å². The zero-order valence-electron chi connectivity index (χ0n) is 10.3. The topological polar surface area (TPSA) is 69.4 Å². The summed E-state index contributed by atoms with van der Waals surface area (Å²) in [7, 11) is -3.43. The summed E-state index contributed by atoms with van der Waals surface area (Å²) in [6.07, 6.45) is 0.129. The normalized spacial score (nSPS) is 15.7. The molecule has 15 heavy (non-hydrogen) atoms. The first-order chi connectivity index (χ1) is 6.53. The molecule has 0 saturated heterocycles.